The molecule has 0 saturated carbocycles. The van der Waals surface area contributed by atoms with E-state index in [4.69, 9.17) is 5.11 Å². The van der Waals surface area contributed by atoms with Gasteiger partial charge in [-0.25, -0.2) is 17.6 Å². The molecule has 1 aromatic heterocycles. The van der Waals surface area contributed by atoms with Crippen molar-refractivity contribution < 1.29 is 22.7 Å². The SMILES string of the molecule is OCCCc1c[nH]c2c(F)c(F)c(F)c(F)c12. The van der Waals surface area contributed by atoms with Crippen LogP contribution in [0.3, 0.4) is 0 Å². The molecule has 2 nitrogen and oxygen atoms in total. The highest BCUT2D eigenvalue weighted by Gasteiger charge is 2.23. The number of aromatic nitrogens is 1. The van der Waals surface area contributed by atoms with Crippen LogP contribution in [0.5, 0.6) is 0 Å². The van der Waals surface area contributed by atoms with E-state index in [1.165, 1.54) is 6.20 Å². The number of hydrogen-bond acceptors (Lipinski definition) is 1. The molecule has 0 radical (unpaired) electrons. The van der Waals surface area contributed by atoms with Gasteiger partial charge in [-0.15, -0.1) is 0 Å². The summed E-state index contributed by atoms with van der Waals surface area (Å²) < 4.78 is 52.8. The first-order valence-electron chi connectivity index (χ1n) is 5.00. The average Bonchev–Trinajstić information content (AvgIpc) is 2.75. The van der Waals surface area contributed by atoms with Gasteiger partial charge in [-0.05, 0) is 18.4 Å². The smallest absolute Gasteiger partial charge is 0.199 e. The Balaban J connectivity index is 2.67. The van der Waals surface area contributed by atoms with Gasteiger partial charge in [0.25, 0.3) is 0 Å². The van der Waals surface area contributed by atoms with Gasteiger partial charge in [0.05, 0.1) is 5.52 Å². The Morgan fingerprint density at radius 2 is 1.65 bits per heavy atom. The molecule has 0 saturated heterocycles. The third kappa shape index (κ3) is 1.78. The molecule has 2 aromatic rings. The van der Waals surface area contributed by atoms with E-state index < -0.39 is 28.8 Å². The third-order valence-electron chi connectivity index (χ3n) is 2.58. The minimum atomic E-state index is -1.83. The van der Waals surface area contributed by atoms with Crippen molar-refractivity contribution in [1.82, 2.24) is 4.98 Å². The molecule has 0 amide bonds. The van der Waals surface area contributed by atoms with E-state index in [1.54, 1.807) is 0 Å². The summed E-state index contributed by atoms with van der Waals surface area (Å²) in [6.45, 7) is -0.125. The zero-order valence-corrected chi connectivity index (χ0v) is 8.66. The standard InChI is InChI=1S/C11H9F4NO/c12-7-6-5(2-1-3-17)4-16-11(6)10(15)9(14)8(7)13/h4,16-17H,1-3H2. The minimum absolute atomic E-state index is 0.125. The summed E-state index contributed by atoms with van der Waals surface area (Å²) in [5, 5.41) is 8.35. The number of fused-ring (bicyclic) bond motifs is 1. The monoisotopic (exact) mass is 247 g/mol. The molecule has 0 aliphatic carbocycles. The minimum Gasteiger partial charge on any atom is -0.396 e. The van der Waals surface area contributed by atoms with Crippen LogP contribution in [0.1, 0.15) is 12.0 Å². The van der Waals surface area contributed by atoms with E-state index in [0.717, 1.165) is 0 Å². The molecule has 92 valence electrons. The lowest BCUT2D eigenvalue weighted by molar-refractivity contribution is 0.288. The molecule has 1 heterocycles. The Labute approximate surface area is 93.9 Å². The predicted molar refractivity (Wildman–Crippen MR) is 53.5 cm³/mol. The van der Waals surface area contributed by atoms with Crippen molar-refractivity contribution in [3.8, 4) is 0 Å². The van der Waals surface area contributed by atoms with E-state index in [1.807, 2.05) is 0 Å². The largest absolute Gasteiger partial charge is 0.396 e. The molecule has 2 N–H and O–H groups in total. The molecule has 6 heteroatoms. The second-order valence-electron chi connectivity index (χ2n) is 3.65. The number of hydrogen-bond donors (Lipinski definition) is 2. The van der Waals surface area contributed by atoms with Gasteiger partial charge in [0.1, 0.15) is 0 Å². The zero-order chi connectivity index (χ0) is 12.6. The summed E-state index contributed by atoms with van der Waals surface area (Å²) in [6.07, 6.45) is 1.86. The molecule has 0 aliphatic rings. The molecule has 0 unspecified atom stereocenters. The lowest BCUT2D eigenvalue weighted by atomic mass is 10.1. The zero-order valence-electron chi connectivity index (χ0n) is 8.66. The molecule has 17 heavy (non-hydrogen) atoms. The highest BCUT2D eigenvalue weighted by molar-refractivity contribution is 5.84. The van der Waals surface area contributed by atoms with Gasteiger partial charge in [-0.1, -0.05) is 0 Å². The summed E-state index contributed by atoms with van der Waals surface area (Å²) in [7, 11) is 0. The molecular formula is C11H9F4NO. The quantitative estimate of drug-likeness (QED) is 0.488. The van der Waals surface area contributed by atoms with Gasteiger partial charge >= 0.3 is 0 Å². The molecule has 0 atom stereocenters. The van der Waals surface area contributed by atoms with Crippen LogP contribution in [0.4, 0.5) is 17.6 Å². The second kappa shape index (κ2) is 4.37. The van der Waals surface area contributed by atoms with Gasteiger partial charge in [-0.2, -0.15) is 0 Å². The number of nitrogens with one attached hydrogen (secondary N) is 1. The van der Waals surface area contributed by atoms with Crippen molar-refractivity contribution in [2.45, 2.75) is 12.8 Å². The van der Waals surface area contributed by atoms with E-state index in [9.17, 15) is 17.6 Å². The highest BCUT2D eigenvalue weighted by Crippen LogP contribution is 2.29. The van der Waals surface area contributed by atoms with Crippen LogP contribution < -0.4 is 0 Å². The third-order valence-corrected chi connectivity index (χ3v) is 2.58. The number of aliphatic hydroxyl groups excluding tert-OH is 1. The number of aromatic amines is 1. The van der Waals surface area contributed by atoms with Gasteiger partial charge in [-0.3, -0.25) is 0 Å². The first kappa shape index (κ1) is 11.9. The first-order chi connectivity index (χ1) is 8.07. The number of aliphatic hydroxyl groups is 1. The number of rotatable bonds is 3. The summed E-state index contributed by atoms with van der Waals surface area (Å²) in [6, 6.07) is 0. The van der Waals surface area contributed by atoms with E-state index in [2.05, 4.69) is 4.98 Å². The van der Waals surface area contributed by atoms with Crippen LogP contribution >= 0.6 is 0 Å². The molecular weight excluding hydrogens is 238 g/mol. The van der Waals surface area contributed by atoms with Crippen molar-refractivity contribution in [2.75, 3.05) is 6.61 Å². The second-order valence-corrected chi connectivity index (χ2v) is 3.65. The number of benzene rings is 1. The normalized spacial score (nSPS) is 11.4. The number of H-pyrrole nitrogens is 1. The fourth-order valence-electron chi connectivity index (χ4n) is 1.77. The topological polar surface area (TPSA) is 36.0 Å². The van der Waals surface area contributed by atoms with Crippen LogP contribution in [0.2, 0.25) is 0 Å². The van der Waals surface area contributed by atoms with Crippen molar-refractivity contribution in [3.63, 3.8) is 0 Å². The van der Waals surface area contributed by atoms with Crippen LogP contribution in [0, 0.1) is 23.3 Å². The Bertz CT molecular complexity index is 564. The Kier molecular flexibility index (Phi) is 3.06. The maximum atomic E-state index is 13.5. The summed E-state index contributed by atoms with van der Waals surface area (Å²) in [4.78, 5) is 2.37. The van der Waals surface area contributed by atoms with Crippen LogP contribution in [-0.2, 0) is 6.42 Å². The highest BCUT2D eigenvalue weighted by atomic mass is 19.2. The first-order valence-corrected chi connectivity index (χ1v) is 5.00. The van der Waals surface area contributed by atoms with Gasteiger partial charge in [0.15, 0.2) is 23.3 Å². The van der Waals surface area contributed by atoms with Gasteiger partial charge in [0.2, 0.25) is 0 Å². The van der Waals surface area contributed by atoms with Gasteiger partial charge in [0, 0.05) is 18.2 Å². The fourth-order valence-corrected chi connectivity index (χ4v) is 1.77. The average molecular weight is 247 g/mol. The molecule has 0 bridgehead atoms. The number of halogens is 4. The summed E-state index contributed by atoms with van der Waals surface area (Å²) >= 11 is 0. The van der Waals surface area contributed by atoms with E-state index in [-0.39, 0.29) is 18.4 Å². The van der Waals surface area contributed by atoms with Gasteiger partial charge < -0.3 is 10.1 Å². The molecule has 0 fully saturated rings. The Morgan fingerprint density at radius 3 is 2.29 bits per heavy atom. The van der Waals surface area contributed by atoms with Crippen molar-refractivity contribution in [2.24, 2.45) is 0 Å². The van der Waals surface area contributed by atoms with Crippen molar-refractivity contribution >= 4 is 10.9 Å². The summed E-state index contributed by atoms with van der Waals surface area (Å²) in [5.74, 6) is -6.49. The maximum Gasteiger partial charge on any atom is 0.199 e. The Hall–Kier alpha value is -1.56. The molecule has 0 spiro atoms. The predicted octanol–water partition coefficient (Wildman–Crippen LogP) is 2.65. The van der Waals surface area contributed by atoms with Crippen LogP contribution in [0.25, 0.3) is 10.9 Å². The molecule has 1 aromatic carbocycles. The van der Waals surface area contributed by atoms with E-state index in [0.29, 0.717) is 12.0 Å². The van der Waals surface area contributed by atoms with Crippen molar-refractivity contribution in [1.29, 1.82) is 0 Å². The Morgan fingerprint density at radius 1 is 1.00 bits per heavy atom. The lowest BCUT2D eigenvalue weighted by Gasteiger charge is -2.02. The lowest BCUT2D eigenvalue weighted by Crippen LogP contribution is -1.98. The summed E-state index contributed by atoms with van der Waals surface area (Å²) in [5.41, 5.74) is -0.0845. The van der Waals surface area contributed by atoms with Crippen molar-refractivity contribution in [3.05, 3.63) is 35.0 Å². The maximum absolute atomic E-state index is 13.5. The molecule has 0 aliphatic heterocycles. The number of aryl methyl sites for hydroxylation is 1. The van der Waals surface area contributed by atoms with Crippen LogP contribution in [-0.4, -0.2) is 16.7 Å². The molecule has 2 rings (SSSR count). The van der Waals surface area contributed by atoms with E-state index >= 15 is 0 Å². The fraction of sp³-hybridized carbons (Fsp3) is 0.273. The van der Waals surface area contributed by atoms with Crippen LogP contribution in [0.15, 0.2) is 6.20 Å².